The van der Waals surface area contributed by atoms with E-state index in [0.717, 1.165) is 0 Å². The van der Waals surface area contributed by atoms with Crippen LogP contribution in [0, 0.1) is 0 Å². The van der Waals surface area contributed by atoms with E-state index >= 15 is 0 Å². The lowest BCUT2D eigenvalue weighted by Gasteiger charge is -2.02. The van der Waals surface area contributed by atoms with E-state index in [0.29, 0.717) is 23.7 Å². The van der Waals surface area contributed by atoms with E-state index in [-0.39, 0.29) is 11.7 Å². The number of carbonyl (C=O) groups excluding carboxylic acids is 2. The standard InChI is InChI=1S/C11H14O5S/c1-3-15-10(12)7-17-6-9-8(4-5-16-9)11(13)14-2/h4-5H,3,6-7H2,1-2H3. The van der Waals surface area contributed by atoms with E-state index in [1.54, 1.807) is 13.0 Å². The first-order chi connectivity index (χ1) is 8.19. The topological polar surface area (TPSA) is 65.7 Å². The van der Waals surface area contributed by atoms with Gasteiger partial charge in [-0.1, -0.05) is 0 Å². The number of thioether (sulfide) groups is 1. The van der Waals surface area contributed by atoms with Gasteiger partial charge >= 0.3 is 11.9 Å². The molecular formula is C11H14O5S. The average molecular weight is 258 g/mol. The second kappa shape index (κ2) is 7.01. The van der Waals surface area contributed by atoms with Crippen molar-refractivity contribution in [3.63, 3.8) is 0 Å². The highest BCUT2D eigenvalue weighted by atomic mass is 32.2. The van der Waals surface area contributed by atoms with Crippen LogP contribution in [0.4, 0.5) is 0 Å². The van der Waals surface area contributed by atoms with Crippen LogP contribution in [0.15, 0.2) is 16.7 Å². The molecule has 0 fully saturated rings. The third kappa shape index (κ3) is 4.14. The molecule has 5 nitrogen and oxygen atoms in total. The first-order valence-corrected chi connectivity index (χ1v) is 6.22. The molecule has 1 aromatic heterocycles. The lowest BCUT2D eigenvalue weighted by molar-refractivity contribution is -0.139. The maximum absolute atomic E-state index is 11.3. The second-order valence-electron chi connectivity index (χ2n) is 3.05. The molecule has 0 radical (unpaired) electrons. The highest BCUT2D eigenvalue weighted by molar-refractivity contribution is 7.99. The fourth-order valence-electron chi connectivity index (χ4n) is 1.17. The van der Waals surface area contributed by atoms with Crippen molar-refractivity contribution in [1.29, 1.82) is 0 Å². The van der Waals surface area contributed by atoms with E-state index < -0.39 is 5.97 Å². The van der Waals surface area contributed by atoms with Crippen LogP contribution >= 0.6 is 11.8 Å². The highest BCUT2D eigenvalue weighted by Gasteiger charge is 2.15. The van der Waals surface area contributed by atoms with E-state index in [2.05, 4.69) is 4.74 Å². The fourth-order valence-corrected chi connectivity index (χ4v) is 1.93. The van der Waals surface area contributed by atoms with Crippen LogP contribution in [0.2, 0.25) is 0 Å². The number of methoxy groups -OCH3 is 1. The van der Waals surface area contributed by atoms with Crippen molar-refractivity contribution in [2.45, 2.75) is 12.7 Å². The molecule has 0 bridgehead atoms. The van der Waals surface area contributed by atoms with Gasteiger partial charge in [0.15, 0.2) is 0 Å². The second-order valence-corrected chi connectivity index (χ2v) is 4.03. The van der Waals surface area contributed by atoms with E-state index in [4.69, 9.17) is 9.15 Å². The molecule has 0 N–H and O–H groups in total. The summed E-state index contributed by atoms with van der Waals surface area (Å²) >= 11 is 1.33. The van der Waals surface area contributed by atoms with Crippen LogP contribution in [0.3, 0.4) is 0 Å². The Hall–Kier alpha value is -1.43. The third-order valence-corrected chi connectivity index (χ3v) is 2.82. The number of ether oxygens (including phenoxy) is 2. The zero-order valence-electron chi connectivity index (χ0n) is 9.73. The number of esters is 2. The molecule has 6 heteroatoms. The van der Waals surface area contributed by atoms with Gasteiger partial charge in [0, 0.05) is 0 Å². The zero-order chi connectivity index (χ0) is 12.7. The number of furan rings is 1. The van der Waals surface area contributed by atoms with Crippen LogP contribution in [-0.4, -0.2) is 31.4 Å². The fraction of sp³-hybridized carbons (Fsp3) is 0.455. The molecule has 0 aliphatic carbocycles. The van der Waals surface area contributed by atoms with Crippen molar-refractivity contribution < 1.29 is 23.5 Å². The summed E-state index contributed by atoms with van der Waals surface area (Å²) in [6.45, 7) is 2.12. The minimum atomic E-state index is -0.439. The molecule has 1 aromatic rings. The molecule has 0 spiro atoms. The number of rotatable bonds is 6. The monoisotopic (exact) mass is 258 g/mol. The molecule has 0 amide bonds. The van der Waals surface area contributed by atoms with Crippen LogP contribution < -0.4 is 0 Å². The molecular weight excluding hydrogens is 244 g/mol. The van der Waals surface area contributed by atoms with E-state index in [1.807, 2.05) is 0 Å². The Morgan fingerprint density at radius 2 is 2.24 bits per heavy atom. The quantitative estimate of drug-likeness (QED) is 0.726. The summed E-state index contributed by atoms with van der Waals surface area (Å²) in [5.41, 5.74) is 0.392. The Bertz CT molecular complexity index is 385. The molecule has 0 atom stereocenters. The molecule has 94 valence electrons. The minimum absolute atomic E-state index is 0.231. The summed E-state index contributed by atoms with van der Waals surface area (Å²) in [5, 5.41) is 0. The lowest BCUT2D eigenvalue weighted by Crippen LogP contribution is -2.07. The normalized spacial score (nSPS) is 10.0. The molecule has 0 unspecified atom stereocenters. The Balaban J connectivity index is 2.44. The van der Waals surface area contributed by atoms with Crippen LogP contribution in [0.25, 0.3) is 0 Å². The summed E-state index contributed by atoms with van der Waals surface area (Å²) in [5.74, 6) is 0.450. The number of carbonyl (C=O) groups is 2. The van der Waals surface area contributed by atoms with Gasteiger partial charge in [-0.15, -0.1) is 11.8 Å². The summed E-state index contributed by atoms with van der Waals surface area (Å²) < 4.78 is 14.5. The first-order valence-electron chi connectivity index (χ1n) is 5.07. The van der Waals surface area contributed by atoms with Gasteiger partial charge in [-0.3, -0.25) is 4.79 Å². The largest absolute Gasteiger partial charge is 0.468 e. The van der Waals surface area contributed by atoms with Crippen molar-refractivity contribution in [2.24, 2.45) is 0 Å². The van der Waals surface area contributed by atoms with Crippen molar-refractivity contribution in [3.05, 3.63) is 23.7 Å². The SMILES string of the molecule is CCOC(=O)CSCc1occc1C(=O)OC. The summed E-state index contributed by atoms with van der Waals surface area (Å²) in [6.07, 6.45) is 1.42. The lowest BCUT2D eigenvalue weighted by atomic mass is 10.3. The van der Waals surface area contributed by atoms with E-state index in [9.17, 15) is 9.59 Å². The molecule has 0 aliphatic heterocycles. The van der Waals surface area contributed by atoms with Crippen LogP contribution in [-0.2, 0) is 20.0 Å². The Kier molecular flexibility index (Phi) is 5.62. The Labute approximate surface area is 103 Å². The van der Waals surface area contributed by atoms with Crippen LogP contribution in [0.5, 0.6) is 0 Å². The van der Waals surface area contributed by atoms with Crippen molar-refractivity contribution in [2.75, 3.05) is 19.5 Å². The molecule has 17 heavy (non-hydrogen) atoms. The smallest absolute Gasteiger partial charge is 0.341 e. The zero-order valence-corrected chi connectivity index (χ0v) is 10.5. The Morgan fingerprint density at radius 3 is 2.88 bits per heavy atom. The highest BCUT2D eigenvalue weighted by Crippen LogP contribution is 2.18. The first kappa shape index (κ1) is 13.6. The van der Waals surface area contributed by atoms with Gasteiger partial charge in [0.05, 0.1) is 31.5 Å². The van der Waals surface area contributed by atoms with Gasteiger partial charge in [0.25, 0.3) is 0 Å². The maximum Gasteiger partial charge on any atom is 0.341 e. The molecule has 1 heterocycles. The van der Waals surface area contributed by atoms with E-state index in [1.165, 1.54) is 25.1 Å². The van der Waals surface area contributed by atoms with Gasteiger partial charge in [0.1, 0.15) is 11.3 Å². The molecule has 0 aromatic carbocycles. The third-order valence-electron chi connectivity index (χ3n) is 1.91. The van der Waals surface area contributed by atoms with Crippen molar-refractivity contribution in [3.8, 4) is 0 Å². The van der Waals surface area contributed by atoms with Crippen molar-refractivity contribution >= 4 is 23.7 Å². The maximum atomic E-state index is 11.3. The van der Waals surface area contributed by atoms with Gasteiger partial charge in [-0.25, -0.2) is 4.79 Å². The predicted molar refractivity (Wildman–Crippen MR) is 62.8 cm³/mol. The molecule has 0 aliphatic rings. The molecule has 1 rings (SSSR count). The van der Waals surface area contributed by atoms with Gasteiger partial charge in [-0.05, 0) is 13.0 Å². The predicted octanol–water partition coefficient (Wildman–Crippen LogP) is 1.86. The van der Waals surface area contributed by atoms with Crippen molar-refractivity contribution in [1.82, 2.24) is 0 Å². The van der Waals surface area contributed by atoms with Crippen LogP contribution in [0.1, 0.15) is 23.0 Å². The average Bonchev–Trinajstić information content (AvgIpc) is 2.77. The minimum Gasteiger partial charge on any atom is -0.468 e. The van der Waals surface area contributed by atoms with Gasteiger partial charge in [0.2, 0.25) is 0 Å². The number of hydrogen-bond donors (Lipinski definition) is 0. The van der Waals surface area contributed by atoms with Gasteiger partial charge in [-0.2, -0.15) is 0 Å². The summed E-state index contributed by atoms with van der Waals surface area (Å²) in [7, 11) is 1.31. The molecule has 0 saturated carbocycles. The Morgan fingerprint density at radius 1 is 1.47 bits per heavy atom. The molecule has 0 saturated heterocycles. The number of hydrogen-bond acceptors (Lipinski definition) is 6. The summed E-state index contributed by atoms with van der Waals surface area (Å²) in [4.78, 5) is 22.4. The summed E-state index contributed by atoms with van der Waals surface area (Å²) in [6, 6.07) is 1.55. The van der Waals surface area contributed by atoms with Gasteiger partial charge < -0.3 is 13.9 Å².